The van der Waals surface area contributed by atoms with Gasteiger partial charge in [0.2, 0.25) is 0 Å². The van der Waals surface area contributed by atoms with Crippen LogP contribution in [0.15, 0.2) is 22.8 Å². The zero-order chi connectivity index (χ0) is 15.5. The molecule has 0 bridgehead atoms. The lowest BCUT2D eigenvalue weighted by Gasteiger charge is -2.22. The number of aryl methyl sites for hydroxylation is 1. The molecule has 22 heavy (non-hydrogen) atoms. The summed E-state index contributed by atoms with van der Waals surface area (Å²) in [5, 5.41) is 3.79. The number of amides is 1. The Morgan fingerprint density at radius 2 is 2.45 bits per heavy atom. The lowest BCUT2D eigenvalue weighted by atomic mass is 10.2. The monoisotopic (exact) mass is 319 g/mol. The van der Waals surface area contributed by atoms with Crippen LogP contribution >= 0.6 is 11.3 Å². The summed E-state index contributed by atoms with van der Waals surface area (Å²) in [6.07, 6.45) is 3.99. The molecule has 2 aromatic rings. The molecule has 118 valence electrons. The molecule has 0 saturated carbocycles. The van der Waals surface area contributed by atoms with Gasteiger partial charge in [-0.3, -0.25) is 9.69 Å². The van der Waals surface area contributed by atoms with Crippen LogP contribution in [0.2, 0.25) is 0 Å². The van der Waals surface area contributed by atoms with Gasteiger partial charge in [-0.15, -0.1) is 11.3 Å². The minimum absolute atomic E-state index is 0.0884. The number of carbonyl (C=O) groups is 1. The highest BCUT2D eigenvalue weighted by molar-refractivity contribution is 7.15. The molecule has 3 rings (SSSR count). The van der Waals surface area contributed by atoms with E-state index in [-0.39, 0.29) is 5.91 Å². The number of furan rings is 1. The number of nitrogens with zero attached hydrogens (tertiary/aromatic N) is 2. The molecule has 6 heteroatoms. The maximum absolute atomic E-state index is 12.4. The van der Waals surface area contributed by atoms with Crippen LogP contribution in [-0.4, -0.2) is 41.5 Å². The Bertz CT molecular complexity index is 636. The van der Waals surface area contributed by atoms with Gasteiger partial charge in [0.05, 0.1) is 6.26 Å². The van der Waals surface area contributed by atoms with E-state index in [4.69, 9.17) is 4.42 Å². The highest BCUT2D eigenvalue weighted by Gasteiger charge is 2.24. The summed E-state index contributed by atoms with van der Waals surface area (Å²) in [7, 11) is 0. The first-order chi connectivity index (χ1) is 10.7. The van der Waals surface area contributed by atoms with Crippen LogP contribution in [0.1, 0.15) is 35.1 Å². The van der Waals surface area contributed by atoms with E-state index in [9.17, 15) is 4.79 Å². The van der Waals surface area contributed by atoms with Gasteiger partial charge in [0.25, 0.3) is 5.91 Å². The van der Waals surface area contributed by atoms with Crippen LogP contribution in [0.5, 0.6) is 0 Å². The molecular weight excluding hydrogens is 298 g/mol. The smallest absolute Gasteiger partial charge is 0.271 e. The quantitative estimate of drug-likeness (QED) is 0.920. The van der Waals surface area contributed by atoms with Gasteiger partial charge in [-0.1, -0.05) is 6.92 Å². The van der Waals surface area contributed by atoms with E-state index in [1.165, 1.54) is 17.8 Å². The van der Waals surface area contributed by atoms with Crippen molar-refractivity contribution in [3.8, 4) is 10.8 Å². The number of carbonyl (C=O) groups excluding carboxylic acids is 1. The Labute approximate surface area is 134 Å². The highest BCUT2D eigenvalue weighted by Crippen LogP contribution is 2.27. The van der Waals surface area contributed by atoms with E-state index in [0.29, 0.717) is 24.0 Å². The van der Waals surface area contributed by atoms with Crippen LogP contribution < -0.4 is 5.32 Å². The predicted octanol–water partition coefficient (Wildman–Crippen LogP) is 2.93. The maximum Gasteiger partial charge on any atom is 0.271 e. The van der Waals surface area contributed by atoms with Crippen LogP contribution in [0.25, 0.3) is 10.8 Å². The molecule has 0 spiro atoms. The summed E-state index contributed by atoms with van der Waals surface area (Å²) >= 11 is 1.49. The van der Waals surface area contributed by atoms with E-state index >= 15 is 0 Å². The number of rotatable bonds is 5. The summed E-state index contributed by atoms with van der Waals surface area (Å²) in [5.74, 6) is 0.620. The Hall–Kier alpha value is -1.66. The average Bonchev–Trinajstić information content (AvgIpc) is 3.24. The number of nitrogens with one attached hydrogen (secondary N) is 1. The fraction of sp³-hybridized carbons (Fsp3) is 0.500. The number of thiazole rings is 1. The number of likely N-dealkylation sites (tertiary alicyclic amines) is 1. The van der Waals surface area contributed by atoms with Crippen LogP contribution in [0.3, 0.4) is 0 Å². The van der Waals surface area contributed by atoms with Gasteiger partial charge in [-0.2, -0.15) is 0 Å². The Balaban J connectivity index is 1.65. The van der Waals surface area contributed by atoms with Gasteiger partial charge in [0.15, 0.2) is 10.8 Å². The largest absolute Gasteiger partial charge is 0.462 e. The number of aromatic nitrogens is 1. The highest BCUT2D eigenvalue weighted by atomic mass is 32.1. The van der Waals surface area contributed by atoms with Gasteiger partial charge in [0.1, 0.15) is 5.69 Å². The second-order valence-electron chi connectivity index (χ2n) is 5.54. The van der Waals surface area contributed by atoms with Crippen LogP contribution in [0.4, 0.5) is 0 Å². The van der Waals surface area contributed by atoms with E-state index < -0.39 is 0 Å². The topological polar surface area (TPSA) is 58.4 Å². The summed E-state index contributed by atoms with van der Waals surface area (Å²) in [6.45, 7) is 6.96. The first kappa shape index (κ1) is 15.2. The van der Waals surface area contributed by atoms with E-state index in [2.05, 4.69) is 22.1 Å². The molecule has 1 fully saturated rings. The molecule has 0 aliphatic carbocycles. The SMILES string of the molecule is CCN1CCC[C@@H]1CNC(=O)c1nc(-c2ccco2)sc1C. The van der Waals surface area contributed by atoms with Gasteiger partial charge in [0, 0.05) is 17.5 Å². The number of hydrogen-bond donors (Lipinski definition) is 1. The number of likely N-dealkylation sites (N-methyl/N-ethyl adjacent to an activating group) is 1. The van der Waals surface area contributed by atoms with Crippen molar-refractivity contribution in [2.45, 2.75) is 32.7 Å². The van der Waals surface area contributed by atoms with Gasteiger partial charge in [-0.25, -0.2) is 4.98 Å². The minimum Gasteiger partial charge on any atom is -0.462 e. The molecule has 1 saturated heterocycles. The third-order valence-corrected chi connectivity index (χ3v) is 5.13. The Kier molecular flexibility index (Phi) is 4.59. The lowest BCUT2D eigenvalue weighted by molar-refractivity contribution is 0.0936. The Morgan fingerprint density at radius 3 is 3.18 bits per heavy atom. The molecule has 0 radical (unpaired) electrons. The van der Waals surface area contributed by atoms with Crippen molar-refractivity contribution in [2.24, 2.45) is 0 Å². The van der Waals surface area contributed by atoms with Crippen molar-refractivity contribution in [2.75, 3.05) is 19.6 Å². The van der Waals surface area contributed by atoms with Crippen molar-refractivity contribution in [1.82, 2.24) is 15.2 Å². The third-order valence-electron chi connectivity index (χ3n) is 4.15. The van der Waals surface area contributed by atoms with E-state index in [1.54, 1.807) is 6.26 Å². The van der Waals surface area contributed by atoms with E-state index in [0.717, 1.165) is 29.4 Å². The molecule has 2 aromatic heterocycles. The third kappa shape index (κ3) is 3.08. The lowest BCUT2D eigenvalue weighted by Crippen LogP contribution is -2.40. The first-order valence-corrected chi connectivity index (χ1v) is 8.54. The van der Waals surface area contributed by atoms with Gasteiger partial charge < -0.3 is 9.73 Å². The molecule has 3 heterocycles. The van der Waals surface area contributed by atoms with Crippen LogP contribution in [0, 0.1) is 6.92 Å². The van der Waals surface area contributed by atoms with Crippen molar-refractivity contribution in [3.63, 3.8) is 0 Å². The second kappa shape index (κ2) is 6.62. The van der Waals surface area contributed by atoms with Crippen molar-refractivity contribution in [3.05, 3.63) is 29.0 Å². The first-order valence-electron chi connectivity index (χ1n) is 7.72. The molecule has 0 aromatic carbocycles. The van der Waals surface area contributed by atoms with Crippen molar-refractivity contribution < 1.29 is 9.21 Å². The molecule has 1 atom stereocenters. The Morgan fingerprint density at radius 1 is 1.59 bits per heavy atom. The van der Waals surface area contributed by atoms with Crippen LogP contribution in [-0.2, 0) is 0 Å². The maximum atomic E-state index is 12.4. The number of hydrogen-bond acceptors (Lipinski definition) is 5. The summed E-state index contributed by atoms with van der Waals surface area (Å²) in [4.78, 5) is 20.2. The predicted molar refractivity (Wildman–Crippen MR) is 87.2 cm³/mol. The van der Waals surface area contributed by atoms with Crippen molar-refractivity contribution in [1.29, 1.82) is 0 Å². The second-order valence-corrected chi connectivity index (χ2v) is 6.74. The molecule has 5 nitrogen and oxygen atoms in total. The summed E-state index contributed by atoms with van der Waals surface area (Å²) in [6, 6.07) is 4.14. The van der Waals surface area contributed by atoms with Gasteiger partial charge >= 0.3 is 0 Å². The molecule has 0 unspecified atom stereocenters. The standard InChI is InChI=1S/C16H21N3O2S/c1-3-19-8-4-6-12(19)10-17-15(20)14-11(2)22-16(18-14)13-7-5-9-21-13/h5,7,9,12H,3-4,6,8,10H2,1-2H3,(H,17,20)/t12-/m1/s1. The molecule has 1 aliphatic rings. The minimum atomic E-state index is -0.0884. The normalized spacial score (nSPS) is 18.7. The van der Waals surface area contributed by atoms with Crippen molar-refractivity contribution >= 4 is 17.2 Å². The molecular formula is C16H21N3O2S. The summed E-state index contributed by atoms with van der Waals surface area (Å²) in [5.41, 5.74) is 0.512. The summed E-state index contributed by atoms with van der Waals surface area (Å²) < 4.78 is 5.35. The fourth-order valence-electron chi connectivity index (χ4n) is 2.95. The van der Waals surface area contributed by atoms with E-state index in [1.807, 2.05) is 19.1 Å². The average molecular weight is 319 g/mol. The molecule has 1 aliphatic heterocycles. The van der Waals surface area contributed by atoms with Gasteiger partial charge in [-0.05, 0) is 45.0 Å². The zero-order valence-electron chi connectivity index (χ0n) is 13.0. The fourth-order valence-corrected chi connectivity index (χ4v) is 3.83. The molecule has 1 amide bonds. The zero-order valence-corrected chi connectivity index (χ0v) is 13.8. The molecule has 1 N–H and O–H groups in total.